The van der Waals surface area contributed by atoms with Crippen LogP contribution in [0.25, 0.3) is 5.65 Å². The van der Waals surface area contributed by atoms with Crippen LogP contribution in [-0.2, 0) is 10.0 Å². The van der Waals surface area contributed by atoms with Crippen molar-refractivity contribution in [3.8, 4) is 0 Å². The molecule has 0 saturated carbocycles. The number of carboxylic acid groups (broad SMARTS) is 1. The van der Waals surface area contributed by atoms with Crippen molar-refractivity contribution in [1.29, 1.82) is 0 Å². The molecule has 0 amide bonds. The molecule has 0 aliphatic rings. The van der Waals surface area contributed by atoms with Crippen LogP contribution in [0.15, 0.2) is 24.4 Å². The van der Waals surface area contributed by atoms with E-state index in [-0.39, 0.29) is 23.8 Å². The molecule has 9 heteroatoms. The maximum absolute atomic E-state index is 11.5. The minimum atomic E-state index is -3.36. The number of aromatic carboxylic acids is 1. The Morgan fingerprint density at radius 1 is 1.43 bits per heavy atom. The van der Waals surface area contributed by atoms with E-state index >= 15 is 0 Å². The first-order valence-corrected chi connectivity index (χ1v) is 8.01. The van der Waals surface area contributed by atoms with Gasteiger partial charge in [0.2, 0.25) is 10.0 Å². The summed E-state index contributed by atoms with van der Waals surface area (Å²) in [6.45, 7) is 2.08. The molecule has 2 aromatic heterocycles. The number of hydrogen-bond acceptors (Lipinski definition) is 5. The number of nitrogens with zero attached hydrogens (tertiary/aromatic N) is 2. The maximum Gasteiger partial charge on any atom is 0.356 e. The van der Waals surface area contributed by atoms with Crippen molar-refractivity contribution in [1.82, 2.24) is 14.1 Å². The fourth-order valence-electron chi connectivity index (χ4n) is 1.92. The zero-order chi connectivity index (χ0) is 15.5. The van der Waals surface area contributed by atoms with Gasteiger partial charge in [-0.05, 0) is 12.1 Å². The molecule has 114 valence electrons. The zero-order valence-electron chi connectivity index (χ0n) is 11.4. The van der Waals surface area contributed by atoms with Crippen molar-refractivity contribution < 1.29 is 18.3 Å². The monoisotopic (exact) mass is 312 g/mol. The molecular formula is C12H16N4O4S. The van der Waals surface area contributed by atoms with E-state index in [0.29, 0.717) is 12.2 Å². The maximum atomic E-state index is 11.5. The van der Waals surface area contributed by atoms with Crippen molar-refractivity contribution in [3.63, 3.8) is 0 Å². The molecule has 0 bridgehead atoms. The van der Waals surface area contributed by atoms with Crippen LogP contribution < -0.4 is 10.0 Å². The molecule has 0 radical (unpaired) electrons. The summed E-state index contributed by atoms with van der Waals surface area (Å²) in [4.78, 5) is 15.5. The third-order valence-corrected chi connectivity index (χ3v) is 4.23. The van der Waals surface area contributed by atoms with Crippen LogP contribution in [0.5, 0.6) is 0 Å². The number of carbonyl (C=O) groups is 1. The van der Waals surface area contributed by atoms with Crippen molar-refractivity contribution in [2.24, 2.45) is 0 Å². The fourth-order valence-corrected chi connectivity index (χ4v) is 2.87. The second-order valence-corrected chi connectivity index (χ2v) is 6.21. The molecule has 0 spiro atoms. The van der Waals surface area contributed by atoms with E-state index in [2.05, 4.69) is 15.0 Å². The smallest absolute Gasteiger partial charge is 0.356 e. The highest BCUT2D eigenvalue weighted by atomic mass is 32.2. The second kappa shape index (κ2) is 6.10. The van der Waals surface area contributed by atoms with Gasteiger partial charge >= 0.3 is 5.97 Å². The number of pyridine rings is 1. The second-order valence-electron chi connectivity index (χ2n) is 4.29. The van der Waals surface area contributed by atoms with Gasteiger partial charge in [0.25, 0.3) is 0 Å². The summed E-state index contributed by atoms with van der Waals surface area (Å²) in [5, 5.41) is 12.0. The number of carboxylic acids is 1. The molecule has 0 aliphatic carbocycles. The molecule has 0 aromatic carbocycles. The van der Waals surface area contributed by atoms with Gasteiger partial charge < -0.3 is 10.4 Å². The third kappa shape index (κ3) is 3.50. The molecule has 2 rings (SSSR count). The quantitative estimate of drug-likeness (QED) is 0.681. The van der Waals surface area contributed by atoms with E-state index in [4.69, 9.17) is 0 Å². The summed E-state index contributed by atoms with van der Waals surface area (Å²) in [7, 11) is -3.36. The minimum Gasteiger partial charge on any atom is -0.476 e. The van der Waals surface area contributed by atoms with E-state index < -0.39 is 16.0 Å². The van der Waals surface area contributed by atoms with Gasteiger partial charge in [-0.3, -0.25) is 4.40 Å². The molecule has 0 unspecified atom stereocenters. The van der Waals surface area contributed by atoms with Gasteiger partial charge in [0.15, 0.2) is 11.5 Å². The van der Waals surface area contributed by atoms with E-state index in [9.17, 15) is 18.3 Å². The molecule has 2 heterocycles. The Hall–Kier alpha value is -2.13. The van der Waals surface area contributed by atoms with Crippen LogP contribution in [-0.4, -0.2) is 47.7 Å². The van der Waals surface area contributed by atoms with Crippen molar-refractivity contribution in [2.75, 3.05) is 24.2 Å². The number of anilines is 1. The standard InChI is InChI=1S/C12H16N4O4S/c1-2-14-21(19,20)8-6-13-11-10(12(17)18)16-7-4-3-5-9(16)15-11/h3-5,7,13-14H,2,6,8H2,1H3,(H,17,18). The summed E-state index contributed by atoms with van der Waals surface area (Å²) in [6.07, 6.45) is 1.59. The van der Waals surface area contributed by atoms with Crippen molar-refractivity contribution in [3.05, 3.63) is 30.1 Å². The average Bonchev–Trinajstić information content (AvgIpc) is 2.76. The average molecular weight is 312 g/mol. The summed E-state index contributed by atoms with van der Waals surface area (Å²) >= 11 is 0. The normalized spacial score (nSPS) is 11.7. The Morgan fingerprint density at radius 2 is 2.19 bits per heavy atom. The van der Waals surface area contributed by atoms with Crippen LogP contribution >= 0.6 is 0 Å². The number of sulfonamides is 1. The van der Waals surface area contributed by atoms with E-state index in [1.807, 2.05) is 0 Å². The lowest BCUT2D eigenvalue weighted by molar-refractivity contribution is 0.0690. The van der Waals surface area contributed by atoms with Crippen LogP contribution in [0.4, 0.5) is 5.82 Å². The predicted octanol–water partition coefficient (Wildman–Crippen LogP) is 0.384. The van der Waals surface area contributed by atoms with Gasteiger partial charge in [0, 0.05) is 19.3 Å². The lowest BCUT2D eigenvalue weighted by Gasteiger charge is -2.06. The lowest BCUT2D eigenvalue weighted by Crippen LogP contribution is -2.29. The van der Waals surface area contributed by atoms with Crippen molar-refractivity contribution >= 4 is 27.5 Å². The van der Waals surface area contributed by atoms with Crippen LogP contribution in [0, 0.1) is 0 Å². The Labute approximate surface area is 121 Å². The number of hydrogen-bond donors (Lipinski definition) is 3. The topological polar surface area (TPSA) is 113 Å². The molecule has 8 nitrogen and oxygen atoms in total. The first-order chi connectivity index (χ1) is 9.94. The SMILES string of the molecule is CCNS(=O)(=O)CCNc1nc2ccccn2c1C(=O)O. The van der Waals surface area contributed by atoms with Gasteiger partial charge in [-0.1, -0.05) is 13.0 Å². The zero-order valence-corrected chi connectivity index (χ0v) is 12.2. The number of fused-ring (bicyclic) bond motifs is 1. The molecule has 0 fully saturated rings. The van der Waals surface area contributed by atoms with E-state index in [0.717, 1.165) is 0 Å². The molecule has 3 N–H and O–H groups in total. The molecule has 0 aliphatic heterocycles. The summed E-state index contributed by atoms with van der Waals surface area (Å²) in [5.41, 5.74) is 0.457. The van der Waals surface area contributed by atoms with Crippen LogP contribution in [0.1, 0.15) is 17.4 Å². The largest absolute Gasteiger partial charge is 0.476 e. The van der Waals surface area contributed by atoms with Gasteiger partial charge in [-0.15, -0.1) is 0 Å². The number of nitrogens with one attached hydrogen (secondary N) is 2. The molecule has 21 heavy (non-hydrogen) atoms. The molecular weight excluding hydrogens is 296 g/mol. The first-order valence-electron chi connectivity index (χ1n) is 6.36. The van der Waals surface area contributed by atoms with Crippen molar-refractivity contribution in [2.45, 2.75) is 6.92 Å². The fraction of sp³-hybridized carbons (Fsp3) is 0.333. The Bertz CT molecular complexity index is 754. The summed E-state index contributed by atoms with van der Waals surface area (Å²) in [5.74, 6) is -1.14. The van der Waals surface area contributed by atoms with Gasteiger partial charge in [0.05, 0.1) is 5.75 Å². The molecule has 0 atom stereocenters. The molecule has 2 aromatic rings. The van der Waals surface area contributed by atoms with Crippen LogP contribution in [0.3, 0.4) is 0 Å². The van der Waals surface area contributed by atoms with Crippen LogP contribution in [0.2, 0.25) is 0 Å². The van der Waals surface area contributed by atoms with E-state index in [1.165, 1.54) is 4.40 Å². The van der Waals surface area contributed by atoms with Gasteiger partial charge in [-0.2, -0.15) is 0 Å². The number of rotatable bonds is 7. The lowest BCUT2D eigenvalue weighted by atomic mass is 10.4. The summed E-state index contributed by atoms with van der Waals surface area (Å²) < 4.78 is 26.8. The van der Waals surface area contributed by atoms with Gasteiger partial charge in [-0.25, -0.2) is 22.9 Å². The van der Waals surface area contributed by atoms with Gasteiger partial charge in [0.1, 0.15) is 5.65 Å². The predicted molar refractivity (Wildman–Crippen MR) is 78.1 cm³/mol. The highest BCUT2D eigenvalue weighted by molar-refractivity contribution is 7.89. The van der Waals surface area contributed by atoms with E-state index in [1.54, 1.807) is 31.3 Å². The highest BCUT2D eigenvalue weighted by Crippen LogP contribution is 2.17. The number of aromatic nitrogens is 2. The summed E-state index contributed by atoms with van der Waals surface area (Å²) in [6, 6.07) is 5.11. The minimum absolute atomic E-state index is 0.0218. The third-order valence-electron chi connectivity index (χ3n) is 2.76. The molecule has 0 saturated heterocycles. The Balaban J connectivity index is 2.19. The first kappa shape index (κ1) is 15.3. The number of imidazole rings is 1. The Morgan fingerprint density at radius 3 is 2.86 bits per heavy atom. The highest BCUT2D eigenvalue weighted by Gasteiger charge is 2.18. The Kier molecular flexibility index (Phi) is 4.43.